The van der Waals surface area contributed by atoms with Crippen molar-refractivity contribution in [3.05, 3.63) is 77.9 Å². The third kappa shape index (κ3) is 6.69. The predicted octanol–water partition coefficient (Wildman–Crippen LogP) is 4.31. The second-order valence-corrected chi connectivity index (χ2v) is 10.3. The van der Waals surface area contributed by atoms with Crippen molar-refractivity contribution < 1.29 is 27.4 Å². The van der Waals surface area contributed by atoms with Gasteiger partial charge in [0, 0.05) is 6.54 Å². The average molecular weight is 513 g/mol. The number of anilines is 1. The maximum atomic E-state index is 13.5. The molecule has 0 aliphatic rings. The molecule has 0 aromatic heterocycles. The van der Waals surface area contributed by atoms with Gasteiger partial charge in [0.15, 0.2) is 11.5 Å². The molecule has 9 heteroatoms. The number of methoxy groups -OCH3 is 2. The van der Waals surface area contributed by atoms with Crippen LogP contribution in [0, 0.1) is 6.92 Å². The van der Waals surface area contributed by atoms with Gasteiger partial charge in [-0.1, -0.05) is 23.8 Å². The number of amides is 1. The Balaban J connectivity index is 1.80. The van der Waals surface area contributed by atoms with Crippen molar-refractivity contribution in [2.45, 2.75) is 38.3 Å². The van der Waals surface area contributed by atoms with Gasteiger partial charge in [-0.05, 0) is 74.9 Å². The van der Waals surface area contributed by atoms with Crippen LogP contribution in [0.4, 0.5) is 5.69 Å². The minimum Gasteiger partial charge on any atom is -0.497 e. The molecule has 192 valence electrons. The van der Waals surface area contributed by atoms with Crippen molar-refractivity contribution in [1.82, 2.24) is 5.32 Å². The minimum absolute atomic E-state index is 0.00939. The van der Waals surface area contributed by atoms with Gasteiger partial charge in [-0.2, -0.15) is 0 Å². The van der Waals surface area contributed by atoms with E-state index in [9.17, 15) is 13.2 Å². The predicted molar refractivity (Wildman–Crippen MR) is 139 cm³/mol. The lowest BCUT2D eigenvalue weighted by Gasteiger charge is -2.24. The molecule has 0 radical (unpaired) electrons. The van der Waals surface area contributed by atoms with Gasteiger partial charge >= 0.3 is 0 Å². The van der Waals surface area contributed by atoms with Crippen LogP contribution in [0.15, 0.2) is 71.6 Å². The Kier molecular flexibility index (Phi) is 8.82. The van der Waals surface area contributed by atoms with Crippen LogP contribution in [0.1, 0.15) is 25.0 Å². The molecule has 0 aliphatic carbocycles. The third-order valence-corrected chi connectivity index (χ3v) is 7.13. The Morgan fingerprint density at radius 1 is 0.917 bits per heavy atom. The Morgan fingerprint density at radius 2 is 1.58 bits per heavy atom. The second kappa shape index (κ2) is 11.8. The lowest BCUT2D eigenvalue weighted by Crippen LogP contribution is -2.40. The summed E-state index contributed by atoms with van der Waals surface area (Å²) < 4.78 is 44.4. The summed E-state index contributed by atoms with van der Waals surface area (Å²) in [6.45, 7) is 5.57. The molecular formula is C27H32N2O6S. The highest BCUT2D eigenvalue weighted by Gasteiger charge is 2.27. The topological polar surface area (TPSA) is 94.2 Å². The van der Waals surface area contributed by atoms with Crippen molar-refractivity contribution in [1.29, 1.82) is 0 Å². The molecule has 1 amide bonds. The van der Waals surface area contributed by atoms with Gasteiger partial charge in [0.25, 0.3) is 10.0 Å². The van der Waals surface area contributed by atoms with E-state index in [0.717, 1.165) is 15.4 Å². The zero-order chi connectivity index (χ0) is 26.3. The minimum atomic E-state index is -4.02. The van der Waals surface area contributed by atoms with Gasteiger partial charge in [-0.25, -0.2) is 8.42 Å². The van der Waals surface area contributed by atoms with E-state index in [4.69, 9.17) is 14.2 Å². The van der Waals surface area contributed by atoms with E-state index < -0.39 is 15.9 Å². The number of sulfonamides is 1. The van der Waals surface area contributed by atoms with Crippen molar-refractivity contribution >= 4 is 21.6 Å². The lowest BCUT2D eigenvalue weighted by molar-refractivity contribution is -0.119. The Hall–Kier alpha value is -3.72. The first-order chi connectivity index (χ1) is 17.1. The number of ether oxygens (including phenoxy) is 3. The Morgan fingerprint density at radius 3 is 2.17 bits per heavy atom. The number of aryl methyl sites for hydroxylation is 1. The summed E-state index contributed by atoms with van der Waals surface area (Å²) in [6, 6.07) is 18.4. The summed E-state index contributed by atoms with van der Waals surface area (Å²) in [4.78, 5) is 13.0. The molecule has 0 saturated heterocycles. The molecule has 0 unspecified atom stereocenters. The van der Waals surface area contributed by atoms with Gasteiger partial charge in [0.1, 0.15) is 12.3 Å². The van der Waals surface area contributed by atoms with E-state index >= 15 is 0 Å². The molecule has 0 heterocycles. The quantitative estimate of drug-likeness (QED) is 0.412. The van der Waals surface area contributed by atoms with Crippen molar-refractivity contribution in [2.24, 2.45) is 0 Å². The molecule has 8 nitrogen and oxygen atoms in total. The first-order valence-electron chi connectivity index (χ1n) is 11.5. The van der Waals surface area contributed by atoms with Crippen LogP contribution in [0.5, 0.6) is 17.2 Å². The van der Waals surface area contributed by atoms with Crippen LogP contribution in [0.3, 0.4) is 0 Å². The highest BCUT2D eigenvalue weighted by atomic mass is 32.2. The summed E-state index contributed by atoms with van der Waals surface area (Å²) >= 11 is 0. The monoisotopic (exact) mass is 512 g/mol. The van der Waals surface area contributed by atoms with Crippen molar-refractivity contribution in [2.75, 3.05) is 25.1 Å². The summed E-state index contributed by atoms with van der Waals surface area (Å²) in [5, 5.41) is 2.80. The van der Waals surface area contributed by atoms with Gasteiger partial charge < -0.3 is 19.5 Å². The van der Waals surface area contributed by atoms with Gasteiger partial charge in [-0.3, -0.25) is 9.10 Å². The van der Waals surface area contributed by atoms with Gasteiger partial charge in [-0.15, -0.1) is 0 Å². The summed E-state index contributed by atoms with van der Waals surface area (Å²) in [5.41, 5.74) is 2.16. The number of rotatable bonds is 11. The summed E-state index contributed by atoms with van der Waals surface area (Å²) in [7, 11) is -0.961. The molecule has 0 atom stereocenters. The molecule has 0 bridgehead atoms. The zero-order valence-corrected chi connectivity index (χ0v) is 22.0. The number of benzene rings is 3. The fourth-order valence-electron chi connectivity index (χ4n) is 3.46. The van der Waals surface area contributed by atoms with Crippen molar-refractivity contribution in [3.8, 4) is 17.2 Å². The molecule has 0 saturated carbocycles. The molecule has 0 fully saturated rings. The molecule has 3 aromatic rings. The number of nitrogens with one attached hydrogen (secondary N) is 1. The number of carbonyl (C=O) groups is 1. The van der Waals surface area contributed by atoms with E-state index in [2.05, 4.69) is 5.32 Å². The number of carbonyl (C=O) groups excluding carboxylic acids is 1. The average Bonchev–Trinajstić information content (AvgIpc) is 2.87. The van der Waals surface area contributed by atoms with Gasteiger partial charge in [0.2, 0.25) is 5.91 Å². The van der Waals surface area contributed by atoms with Crippen LogP contribution < -0.4 is 23.8 Å². The SMILES string of the molecule is COc1ccc(S(=O)(=O)N(CC(=O)NCc2ccc(OC(C)C)c(OC)c2)c2ccc(C)cc2)cc1. The van der Waals surface area contributed by atoms with E-state index in [-0.39, 0.29) is 24.1 Å². The molecule has 3 aromatic carbocycles. The fourth-order valence-corrected chi connectivity index (χ4v) is 4.88. The molecule has 0 spiro atoms. The van der Waals surface area contributed by atoms with E-state index in [1.807, 2.05) is 26.8 Å². The molecular weight excluding hydrogens is 480 g/mol. The Labute approximate surface area is 212 Å². The van der Waals surface area contributed by atoms with Crippen LogP contribution in [-0.4, -0.2) is 41.2 Å². The number of hydrogen-bond acceptors (Lipinski definition) is 6. The first kappa shape index (κ1) is 26.9. The highest BCUT2D eigenvalue weighted by molar-refractivity contribution is 7.92. The maximum absolute atomic E-state index is 13.5. The summed E-state index contributed by atoms with van der Waals surface area (Å²) in [6.07, 6.45) is -0.00939. The van der Waals surface area contributed by atoms with E-state index in [1.165, 1.54) is 19.2 Å². The largest absolute Gasteiger partial charge is 0.497 e. The maximum Gasteiger partial charge on any atom is 0.264 e. The second-order valence-electron chi connectivity index (χ2n) is 8.45. The smallest absolute Gasteiger partial charge is 0.264 e. The number of nitrogens with zero attached hydrogens (tertiary/aromatic N) is 1. The van der Waals surface area contributed by atoms with E-state index in [0.29, 0.717) is 22.9 Å². The molecule has 3 rings (SSSR count). The molecule has 36 heavy (non-hydrogen) atoms. The molecule has 0 aliphatic heterocycles. The fraction of sp³-hybridized carbons (Fsp3) is 0.296. The normalized spacial score (nSPS) is 11.2. The van der Waals surface area contributed by atoms with Crippen LogP contribution in [0.2, 0.25) is 0 Å². The zero-order valence-electron chi connectivity index (χ0n) is 21.1. The van der Waals surface area contributed by atoms with Gasteiger partial charge in [0.05, 0.1) is 30.9 Å². The van der Waals surface area contributed by atoms with Crippen molar-refractivity contribution in [3.63, 3.8) is 0 Å². The van der Waals surface area contributed by atoms with Crippen LogP contribution >= 0.6 is 0 Å². The highest BCUT2D eigenvalue weighted by Crippen LogP contribution is 2.29. The van der Waals surface area contributed by atoms with Crippen LogP contribution in [-0.2, 0) is 21.4 Å². The number of hydrogen-bond donors (Lipinski definition) is 1. The van der Waals surface area contributed by atoms with E-state index in [1.54, 1.807) is 55.6 Å². The first-order valence-corrected chi connectivity index (χ1v) is 12.9. The Bertz CT molecular complexity index is 1270. The third-order valence-electron chi connectivity index (χ3n) is 5.34. The molecule has 1 N–H and O–H groups in total. The standard InChI is InChI=1S/C27H32N2O6S/c1-19(2)35-25-15-8-21(16-26(25)34-5)17-28-27(30)18-29(22-9-6-20(3)7-10-22)36(31,32)24-13-11-23(33-4)12-14-24/h6-16,19H,17-18H2,1-5H3,(H,28,30). The lowest BCUT2D eigenvalue weighted by atomic mass is 10.2. The summed E-state index contributed by atoms with van der Waals surface area (Å²) in [5.74, 6) is 1.25. The van der Waals surface area contributed by atoms with Crippen LogP contribution in [0.25, 0.3) is 0 Å².